The predicted octanol–water partition coefficient (Wildman–Crippen LogP) is 1.83. The lowest BCUT2D eigenvalue weighted by Gasteiger charge is -2.39. The number of hydrogen-bond donors (Lipinski definition) is 4. The van der Waals surface area contributed by atoms with E-state index in [9.17, 15) is 23.2 Å². The molecule has 0 spiro atoms. The summed E-state index contributed by atoms with van der Waals surface area (Å²) in [6, 6.07) is 8.94. The van der Waals surface area contributed by atoms with Crippen LogP contribution in [0.2, 0.25) is 0 Å². The number of sulfone groups is 1. The van der Waals surface area contributed by atoms with Gasteiger partial charge in [0.1, 0.15) is 4.75 Å². The van der Waals surface area contributed by atoms with Crippen LogP contribution >= 0.6 is 0 Å². The molecule has 0 aliphatic heterocycles. The van der Waals surface area contributed by atoms with Crippen molar-refractivity contribution >= 4 is 27.7 Å². The number of amides is 2. The molecule has 5 N–H and O–H groups in total. The largest absolute Gasteiger partial charge is 0.294 e. The van der Waals surface area contributed by atoms with Crippen molar-refractivity contribution in [1.29, 1.82) is 0 Å². The number of nitrogens with one attached hydrogen (secondary N) is 2. The van der Waals surface area contributed by atoms with Crippen LogP contribution in [0.4, 0.5) is 0 Å². The molecule has 0 saturated carbocycles. The summed E-state index contributed by atoms with van der Waals surface area (Å²) in [5, 5.41) is 9.42. The maximum absolute atomic E-state index is 13.1. The number of hydroxylamine groups is 1. The van der Waals surface area contributed by atoms with Gasteiger partial charge in [-0.3, -0.25) is 20.2 Å². The summed E-state index contributed by atoms with van der Waals surface area (Å²) in [5.41, 5.74) is 4.27. The van der Waals surface area contributed by atoms with Crippen molar-refractivity contribution in [3.63, 3.8) is 0 Å². The van der Waals surface area contributed by atoms with Gasteiger partial charge >= 0.3 is 0 Å². The minimum absolute atomic E-state index is 0.0552. The molecular formula is C21H31N3O5S. The Kier molecular flexibility index (Phi) is 9.41. The molecule has 0 aliphatic carbocycles. The Bertz CT molecular complexity index is 868. The molecule has 1 aromatic carbocycles. The maximum atomic E-state index is 13.1. The Labute approximate surface area is 178 Å². The first-order valence-corrected chi connectivity index (χ1v) is 11.4. The second kappa shape index (κ2) is 11.1. The van der Waals surface area contributed by atoms with Gasteiger partial charge in [-0.05, 0) is 24.3 Å². The van der Waals surface area contributed by atoms with E-state index in [-0.39, 0.29) is 18.8 Å². The van der Waals surface area contributed by atoms with Gasteiger partial charge in [0.15, 0.2) is 9.84 Å². The minimum atomic E-state index is -3.99. The van der Waals surface area contributed by atoms with Crippen molar-refractivity contribution in [3.8, 4) is 0 Å². The first kappa shape index (κ1) is 25.5. The Balaban J connectivity index is 3.82. The van der Waals surface area contributed by atoms with Crippen LogP contribution in [0.3, 0.4) is 0 Å². The summed E-state index contributed by atoms with van der Waals surface area (Å²) in [4.78, 5) is 25.4. The van der Waals surface area contributed by atoms with E-state index in [2.05, 4.69) is 6.58 Å². The zero-order chi connectivity index (χ0) is 22.9. The van der Waals surface area contributed by atoms with Gasteiger partial charge in [-0.15, -0.1) is 6.58 Å². The smallest absolute Gasteiger partial charge is 0.249 e. The summed E-state index contributed by atoms with van der Waals surface area (Å²) < 4.78 is 24.4. The number of rotatable bonds is 11. The molecule has 0 aromatic heterocycles. The molecule has 9 heteroatoms. The number of hydrazine groups is 1. The van der Waals surface area contributed by atoms with Crippen LogP contribution in [-0.2, 0) is 19.4 Å². The van der Waals surface area contributed by atoms with Gasteiger partial charge < -0.3 is 0 Å². The molecule has 8 nitrogen and oxygen atoms in total. The molecule has 3 atom stereocenters. The number of carbonyl (C=O) groups excluding carboxylic acids is 2. The van der Waals surface area contributed by atoms with E-state index < -0.39 is 38.2 Å². The second-order valence-electron chi connectivity index (χ2n) is 7.66. The summed E-state index contributed by atoms with van der Waals surface area (Å²) in [6.07, 6.45) is 5.37. The Morgan fingerprint density at radius 2 is 1.83 bits per heavy atom. The number of benzene rings is 1. The summed E-state index contributed by atoms with van der Waals surface area (Å²) >= 11 is 0. The van der Waals surface area contributed by atoms with Crippen LogP contribution in [0.15, 0.2) is 49.1 Å². The highest BCUT2D eigenvalue weighted by molar-refractivity contribution is 7.92. The Hall–Kier alpha value is -2.49. The molecule has 166 valence electrons. The number of hydrogen-bond acceptors (Lipinski definition) is 6. The molecule has 0 heterocycles. The average Bonchev–Trinajstić information content (AvgIpc) is 2.70. The van der Waals surface area contributed by atoms with Gasteiger partial charge in [0.25, 0.3) is 0 Å². The molecule has 1 unspecified atom stereocenters. The van der Waals surface area contributed by atoms with Gasteiger partial charge in [-0.25, -0.2) is 19.7 Å². The van der Waals surface area contributed by atoms with Crippen molar-refractivity contribution < 1.29 is 23.2 Å². The van der Waals surface area contributed by atoms with Crippen molar-refractivity contribution in [2.75, 3.05) is 6.26 Å². The fraction of sp³-hybridized carbons (Fsp3) is 0.429. The van der Waals surface area contributed by atoms with Crippen molar-refractivity contribution in [2.45, 2.75) is 31.4 Å². The van der Waals surface area contributed by atoms with E-state index in [1.54, 1.807) is 30.3 Å². The fourth-order valence-electron chi connectivity index (χ4n) is 3.66. The monoisotopic (exact) mass is 437 g/mol. The highest BCUT2D eigenvalue weighted by atomic mass is 32.2. The highest BCUT2D eigenvalue weighted by Gasteiger charge is 2.53. The van der Waals surface area contributed by atoms with E-state index in [0.717, 1.165) is 6.26 Å². The van der Waals surface area contributed by atoms with E-state index in [1.165, 1.54) is 17.6 Å². The fourth-order valence-corrected chi connectivity index (χ4v) is 5.12. The quantitative estimate of drug-likeness (QED) is 0.137. The average molecular weight is 438 g/mol. The van der Waals surface area contributed by atoms with Crippen molar-refractivity contribution in [3.05, 3.63) is 54.6 Å². The van der Waals surface area contributed by atoms with Gasteiger partial charge in [0.2, 0.25) is 11.8 Å². The van der Waals surface area contributed by atoms with E-state index in [0.29, 0.717) is 5.56 Å². The number of carbonyl (C=O) groups is 2. The van der Waals surface area contributed by atoms with Crippen molar-refractivity contribution in [2.24, 2.45) is 23.6 Å². The predicted molar refractivity (Wildman–Crippen MR) is 117 cm³/mol. The lowest BCUT2D eigenvalue weighted by Crippen LogP contribution is -2.56. The Morgan fingerprint density at radius 3 is 2.27 bits per heavy atom. The number of allylic oxidation sites excluding steroid dienone is 1. The highest BCUT2D eigenvalue weighted by Crippen LogP contribution is 2.40. The summed E-state index contributed by atoms with van der Waals surface area (Å²) in [7, 11) is -3.99. The second-order valence-corrected chi connectivity index (χ2v) is 9.97. The van der Waals surface area contributed by atoms with Crippen LogP contribution in [0.1, 0.15) is 32.3 Å². The normalized spacial score (nSPS) is 15.9. The van der Waals surface area contributed by atoms with Gasteiger partial charge in [-0.2, -0.15) is 0 Å². The molecule has 0 fully saturated rings. The third-order valence-corrected chi connectivity index (χ3v) is 6.97. The maximum Gasteiger partial charge on any atom is 0.249 e. The first-order valence-electron chi connectivity index (χ1n) is 9.53. The number of nitrogens with two attached hydrogens (primary N) is 1. The van der Waals surface area contributed by atoms with Crippen LogP contribution in [0.5, 0.6) is 0 Å². The van der Waals surface area contributed by atoms with Crippen LogP contribution in [0.25, 0.3) is 6.08 Å². The lowest BCUT2D eigenvalue weighted by atomic mass is 9.74. The third-order valence-electron chi connectivity index (χ3n) is 5.04. The zero-order valence-electron chi connectivity index (χ0n) is 17.5. The van der Waals surface area contributed by atoms with Gasteiger partial charge in [0.05, 0.1) is 11.8 Å². The van der Waals surface area contributed by atoms with Gasteiger partial charge in [-0.1, -0.05) is 62.4 Å². The van der Waals surface area contributed by atoms with Crippen LogP contribution < -0.4 is 16.7 Å². The van der Waals surface area contributed by atoms with E-state index in [1.807, 2.05) is 25.3 Å². The molecule has 2 amide bonds. The van der Waals surface area contributed by atoms with E-state index >= 15 is 0 Å². The molecule has 0 saturated heterocycles. The van der Waals surface area contributed by atoms with Crippen molar-refractivity contribution in [1.82, 2.24) is 10.9 Å². The SMILES string of the molecule is C=CCC(/C=C/c1ccccc1)([C@H](C(=O)NO)[C@@H](CC(C)C)C(=O)NN)S(C)(=O)=O. The Morgan fingerprint density at radius 1 is 1.23 bits per heavy atom. The topological polar surface area (TPSA) is 139 Å². The summed E-state index contributed by atoms with van der Waals surface area (Å²) in [6.45, 7) is 7.32. The van der Waals surface area contributed by atoms with Crippen LogP contribution in [0, 0.1) is 17.8 Å². The molecule has 1 rings (SSSR count). The van der Waals surface area contributed by atoms with Gasteiger partial charge in [0, 0.05) is 6.26 Å². The molecule has 0 radical (unpaired) electrons. The minimum Gasteiger partial charge on any atom is -0.294 e. The summed E-state index contributed by atoms with van der Waals surface area (Å²) in [5.74, 6) is 1.03. The molecular weight excluding hydrogens is 406 g/mol. The molecule has 1 aromatic rings. The van der Waals surface area contributed by atoms with Crippen LogP contribution in [-0.4, -0.2) is 36.4 Å². The molecule has 0 bridgehead atoms. The standard InChI is InChI=1S/C21H31N3O5S/c1-5-12-21(30(4,28)29,13-11-16-9-7-6-8-10-16)18(20(26)24-27)17(14-15(2)3)19(25)23-22/h5-11,13,15,17-18,27H,1,12,14,22H2,2-4H3,(H,23,25)(H,24,26)/b13-11+/t17-,18+,21?/m1/s1. The molecule has 30 heavy (non-hydrogen) atoms. The lowest BCUT2D eigenvalue weighted by molar-refractivity contribution is -0.141. The first-order chi connectivity index (χ1) is 14.0. The van der Waals surface area contributed by atoms with E-state index in [4.69, 9.17) is 5.84 Å². The molecule has 0 aliphatic rings. The third kappa shape index (κ3) is 6.01. The zero-order valence-corrected chi connectivity index (χ0v) is 18.4.